The van der Waals surface area contributed by atoms with Gasteiger partial charge in [0.05, 0.1) is 18.1 Å². The van der Waals surface area contributed by atoms with Gasteiger partial charge in [0, 0.05) is 11.3 Å². The predicted octanol–water partition coefficient (Wildman–Crippen LogP) is 2.94. The van der Waals surface area contributed by atoms with Gasteiger partial charge in [-0.25, -0.2) is 4.79 Å². The lowest BCUT2D eigenvalue weighted by Crippen LogP contribution is -2.12. The van der Waals surface area contributed by atoms with E-state index in [1.54, 1.807) is 24.8 Å². The molecule has 0 aromatic heterocycles. The molecule has 0 atom stereocenters. The van der Waals surface area contributed by atoms with Crippen LogP contribution in [0.25, 0.3) is 0 Å². The molecule has 0 aliphatic rings. The number of halogens is 1. The highest BCUT2D eigenvalue weighted by atomic mass is 35.5. The van der Waals surface area contributed by atoms with Crippen LogP contribution in [0, 0.1) is 0 Å². The quantitative estimate of drug-likeness (QED) is 0.458. The van der Waals surface area contributed by atoms with Crippen LogP contribution in [0.3, 0.4) is 0 Å². The van der Waals surface area contributed by atoms with Gasteiger partial charge in [-0.1, -0.05) is 0 Å². The van der Waals surface area contributed by atoms with Gasteiger partial charge in [-0.05, 0) is 36.9 Å². The zero-order valence-corrected chi connectivity index (χ0v) is 11.9. The number of hydrogen-bond acceptors (Lipinski definition) is 4. The number of carbonyl (C=O) groups excluding carboxylic acids is 2. The van der Waals surface area contributed by atoms with Crippen LogP contribution in [-0.2, 0) is 16.0 Å². The van der Waals surface area contributed by atoms with E-state index in [1.165, 1.54) is 0 Å². The second-order valence-electron chi connectivity index (χ2n) is 3.59. The Kier molecular flexibility index (Phi) is 6.22. The summed E-state index contributed by atoms with van der Waals surface area (Å²) >= 11 is 7.05. The summed E-state index contributed by atoms with van der Waals surface area (Å²) in [4.78, 5) is 24.2. The third kappa shape index (κ3) is 4.03. The van der Waals surface area contributed by atoms with E-state index in [4.69, 9.17) is 16.3 Å². The summed E-state index contributed by atoms with van der Waals surface area (Å²) in [5.74, 6) is -0.561. The molecule has 0 unspecified atom stereocenters. The molecule has 18 heavy (non-hydrogen) atoms. The minimum atomic E-state index is -0.400. The number of thioether (sulfide) groups is 1. The second-order valence-corrected chi connectivity index (χ2v) is 4.74. The van der Waals surface area contributed by atoms with Gasteiger partial charge in [-0.3, -0.25) is 4.79 Å². The maximum atomic E-state index is 11.8. The van der Waals surface area contributed by atoms with Crippen LogP contribution < -0.4 is 0 Å². The fourth-order valence-electron chi connectivity index (χ4n) is 1.51. The third-order valence-corrected chi connectivity index (χ3v) is 3.37. The highest BCUT2D eigenvalue weighted by Gasteiger charge is 2.15. The summed E-state index contributed by atoms with van der Waals surface area (Å²) in [6.45, 7) is 2.06. The van der Waals surface area contributed by atoms with E-state index >= 15 is 0 Å². The highest BCUT2D eigenvalue weighted by molar-refractivity contribution is 7.98. The third-order valence-electron chi connectivity index (χ3n) is 2.34. The largest absolute Gasteiger partial charge is 0.462 e. The van der Waals surface area contributed by atoms with E-state index in [-0.39, 0.29) is 18.1 Å². The molecule has 0 aliphatic carbocycles. The number of Topliss-reactive ketones (excluding diaryl/α,β-unsaturated/α-hetero) is 1. The first-order valence-corrected chi connectivity index (χ1v) is 7.30. The van der Waals surface area contributed by atoms with Crippen LogP contribution in [0.15, 0.2) is 23.1 Å². The zero-order valence-electron chi connectivity index (χ0n) is 10.4. The van der Waals surface area contributed by atoms with E-state index in [0.29, 0.717) is 17.7 Å². The van der Waals surface area contributed by atoms with Crippen LogP contribution in [0.2, 0.25) is 0 Å². The Morgan fingerprint density at radius 2 is 2.11 bits per heavy atom. The molecular formula is C13H15ClO3S. The molecule has 5 heteroatoms. The number of ketones is 1. The Balaban J connectivity index is 3.07. The van der Waals surface area contributed by atoms with Crippen LogP contribution in [0.4, 0.5) is 0 Å². The summed E-state index contributed by atoms with van der Waals surface area (Å²) in [5.41, 5.74) is 1.11. The number of rotatable bonds is 6. The first-order chi connectivity index (χ1) is 8.62. The van der Waals surface area contributed by atoms with Crippen molar-refractivity contribution in [1.82, 2.24) is 0 Å². The van der Waals surface area contributed by atoms with Crippen molar-refractivity contribution in [2.45, 2.75) is 18.2 Å². The van der Waals surface area contributed by atoms with Gasteiger partial charge in [-0.2, -0.15) is 0 Å². The summed E-state index contributed by atoms with van der Waals surface area (Å²) < 4.78 is 4.97. The molecule has 0 radical (unpaired) electrons. The molecular weight excluding hydrogens is 272 g/mol. The molecule has 1 aromatic rings. The number of carbonyl (C=O) groups is 2. The predicted molar refractivity (Wildman–Crippen MR) is 73.6 cm³/mol. The van der Waals surface area contributed by atoms with Crippen molar-refractivity contribution in [1.29, 1.82) is 0 Å². The van der Waals surface area contributed by atoms with Crippen molar-refractivity contribution in [2.24, 2.45) is 0 Å². The molecule has 1 aromatic carbocycles. The van der Waals surface area contributed by atoms with Crippen LogP contribution in [0.5, 0.6) is 0 Å². The maximum Gasteiger partial charge on any atom is 0.338 e. The monoisotopic (exact) mass is 286 g/mol. The minimum Gasteiger partial charge on any atom is -0.462 e. The molecule has 0 saturated heterocycles. The normalized spacial score (nSPS) is 10.2. The van der Waals surface area contributed by atoms with Gasteiger partial charge in [0.2, 0.25) is 0 Å². The molecule has 98 valence electrons. The van der Waals surface area contributed by atoms with Gasteiger partial charge < -0.3 is 4.74 Å². The zero-order chi connectivity index (χ0) is 13.5. The molecule has 0 saturated carbocycles. The highest BCUT2D eigenvalue weighted by Crippen LogP contribution is 2.21. The SMILES string of the molecule is CCOC(=O)c1ccc(SC)cc1CC(=O)CCl. The number of benzene rings is 1. The number of alkyl halides is 1. The van der Waals surface area contributed by atoms with Gasteiger partial charge >= 0.3 is 5.97 Å². The van der Waals surface area contributed by atoms with E-state index in [9.17, 15) is 9.59 Å². The molecule has 0 spiro atoms. The lowest BCUT2D eigenvalue weighted by molar-refractivity contribution is -0.116. The van der Waals surface area contributed by atoms with Crippen LogP contribution in [0.1, 0.15) is 22.8 Å². The average Bonchev–Trinajstić information content (AvgIpc) is 2.38. The standard InChI is InChI=1S/C13H15ClO3S/c1-3-17-13(16)12-5-4-11(18-2)7-9(12)6-10(15)8-14/h4-5,7H,3,6,8H2,1-2H3. The summed E-state index contributed by atoms with van der Waals surface area (Å²) in [6.07, 6.45) is 2.10. The molecule has 0 bridgehead atoms. The summed E-state index contributed by atoms with van der Waals surface area (Å²) in [5, 5.41) is 0. The topological polar surface area (TPSA) is 43.4 Å². The Bertz CT molecular complexity index is 446. The number of esters is 1. The Morgan fingerprint density at radius 3 is 2.67 bits per heavy atom. The maximum absolute atomic E-state index is 11.8. The van der Waals surface area contributed by atoms with Crippen molar-refractivity contribution in [2.75, 3.05) is 18.7 Å². The Hall–Kier alpha value is -1.00. The summed E-state index contributed by atoms with van der Waals surface area (Å²) in [7, 11) is 0. The van der Waals surface area contributed by atoms with Crippen molar-refractivity contribution < 1.29 is 14.3 Å². The van der Waals surface area contributed by atoms with Gasteiger partial charge in [-0.15, -0.1) is 23.4 Å². The van der Waals surface area contributed by atoms with Crippen molar-refractivity contribution in [3.63, 3.8) is 0 Å². The molecule has 0 fully saturated rings. The first-order valence-electron chi connectivity index (χ1n) is 5.54. The molecule has 3 nitrogen and oxygen atoms in total. The number of hydrogen-bond donors (Lipinski definition) is 0. The molecule has 1 rings (SSSR count). The number of ether oxygens (including phenoxy) is 1. The van der Waals surface area contributed by atoms with Crippen LogP contribution >= 0.6 is 23.4 Å². The molecule has 0 amide bonds. The average molecular weight is 287 g/mol. The van der Waals surface area contributed by atoms with E-state index in [1.807, 2.05) is 18.4 Å². The molecule has 0 aliphatic heterocycles. The van der Waals surface area contributed by atoms with Gasteiger partial charge in [0.25, 0.3) is 0 Å². The molecule has 0 heterocycles. The smallest absolute Gasteiger partial charge is 0.338 e. The van der Waals surface area contributed by atoms with Crippen LogP contribution in [-0.4, -0.2) is 30.5 Å². The minimum absolute atomic E-state index is 0.0498. The summed E-state index contributed by atoms with van der Waals surface area (Å²) in [6, 6.07) is 5.37. The Morgan fingerprint density at radius 1 is 1.39 bits per heavy atom. The second kappa shape index (κ2) is 7.44. The Labute approximate surface area is 116 Å². The lowest BCUT2D eigenvalue weighted by Gasteiger charge is -2.09. The van der Waals surface area contributed by atoms with E-state index in [0.717, 1.165) is 4.90 Å². The van der Waals surface area contributed by atoms with Gasteiger partial charge in [0.1, 0.15) is 0 Å². The molecule has 0 N–H and O–H groups in total. The fraction of sp³-hybridized carbons (Fsp3) is 0.385. The first kappa shape index (κ1) is 15.1. The fourth-order valence-corrected chi connectivity index (χ4v) is 2.07. The van der Waals surface area contributed by atoms with Gasteiger partial charge in [0.15, 0.2) is 5.78 Å². The van der Waals surface area contributed by atoms with E-state index < -0.39 is 5.97 Å². The van der Waals surface area contributed by atoms with Crippen molar-refractivity contribution in [3.8, 4) is 0 Å². The van der Waals surface area contributed by atoms with Crippen molar-refractivity contribution in [3.05, 3.63) is 29.3 Å². The van der Waals surface area contributed by atoms with Crippen molar-refractivity contribution >= 4 is 35.1 Å². The van der Waals surface area contributed by atoms with E-state index in [2.05, 4.69) is 0 Å². The lowest BCUT2D eigenvalue weighted by atomic mass is 10.0.